The first-order valence-electron chi connectivity index (χ1n) is 14.4. The molecule has 2 atom stereocenters. The molecule has 0 aliphatic heterocycles. The molecule has 5 nitrogen and oxygen atoms in total. The van der Waals surface area contributed by atoms with Gasteiger partial charge in [-0.15, -0.1) is 0 Å². The number of hydrogen-bond donors (Lipinski definition) is 2. The third kappa shape index (κ3) is 10.7. The minimum Gasteiger partial charge on any atom is -0.507 e. The van der Waals surface area contributed by atoms with Gasteiger partial charge in [-0.1, -0.05) is 111 Å². The van der Waals surface area contributed by atoms with Crippen LogP contribution in [-0.2, 0) is 0 Å². The van der Waals surface area contributed by atoms with Gasteiger partial charge in [0, 0.05) is 16.7 Å². The third-order valence-corrected chi connectivity index (χ3v) is 9.14. The molecule has 0 fully saturated rings. The van der Waals surface area contributed by atoms with Crippen molar-refractivity contribution in [2.45, 2.75) is 134 Å². The highest BCUT2D eigenvalue weighted by atomic mass is 32.2. The van der Waals surface area contributed by atoms with Crippen LogP contribution in [0.3, 0.4) is 0 Å². The molecular weight excluding hydrogens is 496 g/mol. The lowest BCUT2D eigenvalue weighted by molar-refractivity contribution is 0.454. The van der Waals surface area contributed by atoms with E-state index in [1.54, 1.807) is 23.5 Å². The molecule has 0 saturated heterocycles. The van der Waals surface area contributed by atoms with Crippen LogP contribution >= 0.6 is 23.5 Å². The van der Waals surface area contributed by atoms with Gasteiger partial charge in [-0.05, 0) is 60.3 Å². The quantitative estimate of drug-likeness (QED) is 0.116. The van der Waals surface area contributed by atoms with E-state index in [2.05, 4.69) is 60.7 Å². The standard InChI is InChI=1S/C30H50N4OS2/c1-9-12-14-16-24(11-3)37-30-33-28(32-29(34-30)36-19-22(8)15-13-10-2)31-23-17-25(20(4)5)27(35)26(18-23)21(6)7/h17-18,20-22,24,35H,9-16,19H2,1-8H3,(H,31,32,33,34). The predicted molar refractivity (Wildman–Crippen MR) is 163 cm³/mol. The van der Waals surface area contributed by atoms with Crippen LogP contribution in [0, 0.1) is 5.92 Å². The molecule has 1 aromatic heterocycles. The fraction of sp³-hybridized carbons (Fsp3) is 0.700. The zero-order valence-corrected chi connectivity index (χ0v) is 26.1. The van der Waals surface area contributed by atoms with E-state index in [4.69, 9.17) is 15.0 Å². The highest BCUT2D eigenvalue weighted by molar-refractivity contribution is 8.00. The van der Waals surface area contributed by atoms with Crippen LogP contribution in [0.5, 0.6) is 5.75 Å². The zero-order valence-electron chi connectivity index (χ0n) is 24.4. The second-order valence-electron chi connectivity index (χ2n) is 10.9. The Morgan fingerprint density at radius 3 is 2.00 bits per heavy atom. The van der Waals surface area contributed by atoms with Crippen LogP contribution in [0.15, 0.2) is 22.4 Å². The van der Waals surface area contributed by atoms with Crippen molar-refractivity contribution in [1.29, 1.82) is 0 Å². The van der Waals surface area contributed by atoms with Crippen LogP contribution < -0.4 is 5.32 Å². The predicted octanol–water partition coefficient (Wildman–Crippen LogP) is 9.94. The van der Waals surface area contributed by atoms with Gasteiger partial charge >= 0.3 is 0 Å². The largest absolute Gasteiger partial charge is 0.507 e. The maximum absolute atomic E-state index is 10.8. The first kappa shape index (κ1) is 31.7. The zero-order chi connectivity index (χ0) is 27.4. The van der Waals surface area contributed by atoms with E-state index in [1.807, 2.05) is 12.1 Å². The van der Waals surface area contributed by atoms with Crippen LogP contribution in [0.4, 0.5) is 11.6 Å². The molecule has 0 spiro atoms. The van der Waals surface area contributed by atoms with Gasteiger partial charge in [0.2, 0.25) is 5.95 Å². The van der Waals surface area contributed by atoms with Crippen molar-refractivity contribution in [2.75, 3.05) is 11.1 Å². The second kappa shape index (κ2) is 16.5. The van der Waals surface area contributed by atoms with E-state index < -0.39 is 0 Å². The number of thioether (sulfide) groups is 2. The monoisotopic (exact) mass is 546 g/mol. The van der Waals surface area contributed by atoms with E-state index in [0.717, 1.165) is 39.3 Å². The van der Waals surface area contributed by atoms with Gasteiger partial charge in [-0.3, -0.25) is 0 Å². The Balaban J connectivity index is 2.35. The van der Waals surface area contributed by atoms with E-state index in [-0.39, 0.29) is 11.8 Å². The molecular formula is C30H50N4OS2. The maximum atomic E-state index is 10.8. The number of aromatic hydroxyl groups is 1. The minimum atomic E-state index is 0.216. The Morgan fingerprint density at radius 2 is 1.43 bits per heavy atom. The van der Waals surface area contributed by atoms with E-state index >= 15 is 0 Å². The SMILES string of the molecule is CCCCCC(CC)Sc1nc(Nc2cc(C(C)C)c(O)c(C(C)C)c2)nc(SCC(C)CCCC)n1. The molecule has 1 aromatic carbocycles. The number of phenols is 1. The van der Waals surface area contributed by atoms with Gasteiger partial charge in [0.15, 0.2) is 10.3 Å². The molecule has 37 heavy (non-hydrogen) atoms. The molecule has 7 heteroatoms. The van der Waals surface area contributed by atoms with Crippen molar-refractivity contribution in [2.24, 2.45) is 5.92 Å². The summed E-state index contributed by atoms with van der Waals surface area (Å²) in [6.45, 7) is 17.5. The van der Waals surface area contributed by atoms with Gasteiger partial charge in [-0.2, -0.15) is 15.0 Å². The molecule has 0 radical (unpaired) electrons. The van der Waals surface area contributed by atoms with Crippen molar-refractivity contribution in [3.8, 4) is 5.75 Å². The molecule has 0 amide bonds. The molecule has 2 rings (SSSR count). The van der Waals surface area contributed by atoms with Gasteiger partial charge in [0.25, 0.3) is 0 Å². The van der Waals surface area contributed by atoms with Crippen LogP contribution in [0.25, 0.3) is 0 Å². The second-order valence-corrected chi connectivity index (χ2v) is 13.1. The van der Waals surface area contributed by atoms with Gasteiger partial charge in [-0.25, -0.2) is 0 Å². The summed E-state index contributed by atoms with van der Waals surface area (Å²) in [4.78, 5) is 14.5. The number of rotatable bonds is 17. The Hall–Kier alpha value is -1.47. The molecule has 2 unspecified atom stereocenters. The van der Waals surface area contributed by atoms with Crippen LogP contribution in [0.1, 0.15) is 130 Å². The van der Waals surface area contributed by atoms with E-state index in [0.29, 0.717) is 22.9 Å². The van der Waals surface area contributed by atoms with Crippen molar-refractivity contribution in [3.63, 3.8) is 0 Å². The number of aromatic nitrogens is 3. The average molecular weight is 547 g/mol. The Labute approximate surface area is 234 Å². The number of phenolic OH excluding ortho intramolecular Hbond substituents is 1. The lowest BCUT2D eigenvalue weighted by Crippen LogP contribution is -2.08. The summed E-state index contributed by atoms with van der Waals surface area (Å²) in [5.41, 5.74) is 2.80. The fourth-order valence-electron chi connectivity index (χ4n) is 4.24. The molecule has 2 N–H and O–H groups in total. The number of unbranched alkanes of at least 4 members (excludes halogenated alkanes) is 3. The third-order valence-electron chi connectivity index (χ3n) is 6.67. The smallest absolute Gasteiger partial charge is 0.232 e. The summed E-state index contributed by atoms with van der Waals surface area (Å²) in [5.74, 6) is 3.05. The van der Waals surface area contributed by atoms with Crippen molar-refractivity contribution >= 4 is 35.2 Å². The van der Waals surface area contributed by atoms with Crippen molar-refractivity contribution in [1.82, 2.24) is 15.0 Å². The Kier molecular flexibility index (Phi) is 14.1. The number of anilines is 2. The summed E-state index contributed by atoms with van der Waals surface area (Å²) < 4.78 is 0. The normalized spacial score (nSPS) is 13.4. The molecule has 1 heterocycles. The van der Waals surface area contributed by atoms with E-state index in [1.165, 1.54) is 44.9 Å². The summed E-state index contributed by atoms with van der Waals surface area (Å²) in [7, 11) is 0. The summed E-state index contributed by atoms with van der Waals surface area (Å²) in [6.07, 6.45) is 9.78. The Morgan fingerprint density at radius 1 is 0.811 bits per heavy atom. The molecule has 0 aliphatic rings. The van der Waals surface area contributed by atoms with Crippen LogP contribution in [0.2, 0.25) is 0 Å². The lowest BCUT2D eigenvalue weighted by atomic mass is 9.93. The number of benzene rings is 1. The summed E-state index contributed by atoms with van der Waals surface area (Å²) in [5, 5.41) is 16.4. The number of nitrogens with zero attached hydrogens (tertiary/aromatic N) is 3. The van der Waals surface area contributed by atoms with Gasteiger partial charge in [0.1, 0.15) is 5.75 Å². The maximum Gasteiger partial charge on any atom is 0.232 e. The highest BCUT2D eigenvalue weighted by Crippen LogP contribution is 2.37. The van der Waals surface area contributed by atoms with Crippen molar-refractivity contribution in [3.05, 3.63) is 23.3 Å². The number of nitrogens with one attached hydrogen (secondary N) is 1. The Bertz CT molecular complexity index is 922. The first-order chi connectivity index (χ1) is 17.7. The molecule has 0 saturated carbocycles. The van der Waals surface area contributed by atoms with Crippen LogP contribution in [-0.4, -0.2) is 31.1 Å². The summed E-state index contributed by atoms with van der Waals surface area (Å²) >= 11 is 3.53. The van der Waals surface area contributed by atoms with Gasteiger partial charge in [0.05, 0.1) is 0 Å². The number of hydrogen-bond acceptors (Lipinski definition) is 7. The minimum absolute atomic E-state index is 0.216. The lowest BCUT2D eigenvalue weighted by Gasteiger charge is -2.18. The highest BCUT2D eigenvalue weighted by Gasteiger charge is 2.18. The van der Waals surface area contributed by atoms with E-state index in [9.17, 15) is 5.11 Å². The topological polar surface area (TPSA) is 70.9 Å². The molecule has 0 bridgehead atoms. The first-order valence-corrected chi connectivity index (χ1v) is 16.2. The molecule has 0 aliphatic carbocycles. The average Bonchev–Trinajstić information content (AvgIpc) is 2.86. The van der Waals surface area contributed by atoms with Gasteiger partial charge < -0.3 is 10.4 Å². The summed E-state index contributed by atoms with van der Waals surface area (Å²) in [6, 6.07) is 4.06. The fourth-order valence-corrected chi connectivity index (χ4v) is 6.23. The van der Waals surface area contributed by atoms with Crippen molar-refractivity contribution < 1.29 is 5.11 Å². The molecule has 2 aromatic rings. The molecule has 208 valence electrons.